The summed E-state index contributed by atoms with van der Waals surface area (Å²) in [6, 6.07) is 15.2. The number of Topliss-reactive ketones (excluding diaryl/α,β-unsaturated/α-hetero) is 1. The first-order valence-corrected chi connectivity index (χ1v) is 12.6. The normalized spacial score (nSPS) is 15.8. The maximum atomic E-state index is 13.3. The molecular weight excluding hydrogens is 468 g/mol. The molecule has 1 unspecified atom stereocenters. The molecule has 1 atom stereocenters. The van der Waals surface area contributed by atoms with Crippen LogP contribution in [0.4, 0.5) is 0 Å². The summed E-state index contributed by atoms with van der Waals surface area (Å²) in [5, 5.41) is 2.30. The van der Waals surface area contributed by atoms with Crippen molar-refractivity contribution in [3.8, 4) is 11.3 Å². The van der Waals surface area contributed by atoms with Gasteiger partial charge in [0.05, 0.1) is 24.5 Å². The number of carbonyl (C=O) groups is 2. The first kappa shape index (κ1) is 23.1. The number of ether oxygens (including phenoxy) is 1. The number of carbonyl (C=O) groups excluding carboxylic acids is 2. The third kappa shape index (κ3) is 4.28. The van der Waals surface area contributed by atoms with Crippen LogP contribution in [-0.4, -0.2) is 47.1 Å². The molecule has 4 aromatic rings. The zero-order valence-corrected chi connectivity index (χ0v) is 19.7. The number of rotatable bonds is 5. The first-order chi connectivity index (χ1) is 16.8. The van der Waals surface area contributed by atoms with Crippen LogP contribution >= 0.6 is 0 Å². The average molecular weight is 491 g/mol. The van der Waals surface area contributed by atoms with Gasteiger partial charge in [0.1, 0.15) is 5.82 Å². The highest BCUT2D eigenvalue weighted by Gasteiger charge is 2.34. The molecule has 0 amide bonds. The van der Waals surface area contributed by atoms with E-state index in [1.807, 2.05) is 36.4 Å². The van der Waals surface area contributed by atoms with Crippen LogP contribution in [0.15, 0.2) is 54.7 Å². The van der Waals surface area contributed by atoms with Crippen LogP contribution in [-0.2, 0) is 32.5 Å². The van der Waals surface area contributed by atoms with Gasteiger partial charge in [-0.2, -0.15) is 8.42 Å². The van der Waals surface area contributed by atoms with Crippen LogP contribution in [0.2, 0.25) is 0 Å². The molecule has 1 heterocycles. The molecule has 0 radical (unpaired) electrons. The van der Waals surface area contributed by atoms with Crippen LogP contribution in [0.1, 0.15) is 34.6 Å². The van der Waals surface area contributed by atoms with Crippen molar-refractivity contribution >= 4 is 43.4 Å². The highest BCUT2D eigenvalue weighted by atomic mass is 32.2. The van der Waals surface area contributed by atoms with Gasteiger partial charge in [0.15, 0.2) is 5.78 Å². The topological polar surface area (TPSA) is 124 Å². The van der Waals surface area contributed by atoms with Crippen molar-refractivity contribution in [2.75, 3.05) is 7.11 Å². The molecule has 0 bridgehead atoms. The quantitative estimate of drug-likeness (QED) is 0.253. The number of fused-ring (bicyclic) bond motifs is 5. The summed E-state index contributed by atoms with van der Waals surface area (Å²) in [6.45, 7) is 0. The average Bonchev–Trinajstić information content (AvgIpc) is 2.85. The van der Waals surface area contributed by atoms with Crippen LogP contribution in [0.25, 0.3) is 32.8 Å². The van der Waals surface area contributed by atoms with Crippen LogP contribution in [0, 0.1) is 0 Å². The van der Waals surface area contributed by atoms with Gasteiger partial charge in [-0.25, -0.2) is 9.97 Å². The van der Waals surface area contributed by atoms with Gasteiger partial charge in [0.2, 0.25) is 0 Å². The molecule has 5 rings (SSSR count). The second kappa shape index (κ2) is 8.83. The summed E-state index contributed by atoms with van der Waals surface area (Å²) in [5.41, 5.74) is 2.34. The molecule has 178 valence electrons. The Morgan fingerprint density at radius 3 is 2.69 bits per heavy atom. The number of aryl methyl sites for hydroxylation is 1. The van der Waals surface area contributed by atoms with Crippen molar-refractivity contribution < 1.29 is 27.3 Å². The molecule has 0 saturated carbocycles. The van der Waals surface area contributed by atoms with E-state index >= 15 is 0 Å². The Labute approximate surface area is 201 Å². The predicted molar refractivity (Wildman–Crippen MR) is 131 cm³/mol. The lowest BCUT2D eigenvalue weighted by Crippen LogP contribution is -2.31. The molecular formula is C26H22N2O6S. The van der Waals surface area contributed by atoms with Crippen LogP contribution in [0.5, 0.6) is 0 Å². The van der Waals surface area contributed by atoms with Crippen molar-refractivity contribution in [1.82, 2.24) is 9.97 Å². The second-order valence-corrected chi connectivity index (χ2v) is 10.3. The number of methoxy groups -OCH3 is 1. The predicted octanol–water partition coefficient (Wildman–Crippen LogP) is 3.94. The first-order valence-electron chi connectivity index (χ1n) is 11.1. The van der Waals surface area contributed by atoms with Crippen molar-refractivity contribution in [3.05, 3.63) is 71.7 Å². The van der Waals surface area contributed by atoms with E-state index in [4.69, 9.17) is 4.74 Å². The molecule has 9 heteroatoms. The Bertz CT molecular complexity index is 1610. The molecule has 0 spiro atoms. The zero-order valence-electron chi connectivity index (χ0n) is 18.9. The third-order valence-corrected chi connectivity index (χ3v) is 7.61. The summed E-state index contributed by atoms with van der Waals surface area (Å²) < 4.78 is 37.9. The summed E-state index contributed by atoms with van der Waals surface area (Å²) in [6.07, 6.45) is 1.83. The highest BCUT2D eigenvalue weighted by Crippen LogP contribution is 2.40. The van der Waals surface area contributed by atoms with E-state index in [2.05, 4.69) is 9.97 Å². The van der Waals surface area contributed by atoms with Gasteiger partial charge in [0.25, 0.3) is 10.1 Å². The maximum absolute atomic E-state index is 13.3. The molecule has 35 heavy (non-hydrogen) atoms. The molecule has 0 aliphatic heterocycles. The van der Waals surface area contributed by atoms with Crippen LogP contribution in [0.3, 0.4) is 0 Å². The van der Waals surface area contributed by atoms with E-state index in [-0.39, 0.29) is 31.0 Å². The smallest absolute Gasteiger partial charge is 0.305 e. The Hall–Kier alpha value is -3.69. The second-order valence-electron chi connectivity index (χ2n) is 8.57. The number of nitrogens with zero attached hydrogens (tertiary/aromatic N) is 2. The van der Waals surface area contributed by atoms with E-state index in [0.29, 0.717) is 34.5 Å². The lowest BCUT2D eigenvalue weighted by atomic mass is 9.83. The van der Waals surface area contributed by atoms with Gasteiger partial charge >= 0.3 is 5.97 Å². The van der Waals surface area contributed by atoms with Gasteiger partial charge in [-0.3, -0.25) is 14.1 Å². The van der Waals surface area contributed by atoms with E-state index in [1.165, 1.54) is 7.11 Å². The molecule has 1 aliphatic rings. The third-order valence-electron chi connectivity index (χ3n) is 6.43. The molecule has 0 fully saturated rings. The van der Waals surface area contributed by atoms with Gasteiger partial charge in [-0.05, 0) is 40.3 Å². The number of hydrogen-bond donors (Lipinski definition) is 1. The fourth-order valence-corrected chi connectivity index (χ4v) is 5.51. The Kier molecular flexibility index (Phi) is 5.82. The number of aromatic nitrogens is 2. The van der Waals surface area contributed by atoms with Crippen molar-refractivity contribution in [3.63, 3.8) is 0 Å². The zero-order chi connectivity index (χ0) is 24.7. The molecule has 3 aromatic carbocycles. The maximum Gasteiger partial charge on any atom is 0.305 e. The van der Waals surface area contributed by atoms with Crippen molar-refractivity contribution in [1.29, 1.82) is 0 Å². The molecule has 1 aromatic heterocycles. The summed E-state index contributed by atoms with van der Waals surface area (Å²) in [5.74, 6) is -0.226. The van der Waals surface area contributed by atoms with Crippen LogP contribution < -0.4 is 0 Å². The Balaban J connectivity index is 1.75. The van der Waals surface area contributed by atoms with Gasteiger partial charge in [0, 0.05) is 35.6 Å². The minimum absolute atomic E-state index is 0.0519. The molecule has 1 aliphatic carbocycles. The van der Waals surface area contributed by atoms with Gasteiger partial charge in [-0.15, -0.1) is 0 Å². The number of esters is 1. The minimum Gasteiger partial charge on any atom is -0.469 e. The van der Waals surface area contributed by atoms with Crippen molar-refractivity contribution in [2.45, 2.75) is 30.9 Å². The molecule has 0 saturated heterocycles. The van der Waals surface area contributed by atoms with E-state index in [9.17, 15) is 22.6 Å². The summed E-state index contributed by atoms with van der Waals surface area (Å²) in [7, 11) is -3.03. The van der Waals surface area contributed by atoms with E-state index < -0.39 is 15.4 Å². The number of ketones is 1. The largest absolute Gasteiger partial charge is 0.469 e. The highest BCUT2D eigenvalue weighted by molar-refractivity contribution is 7.86. The fourth-order valence-electron chi connectivity index (χ4n) is 4.76. The van der Waals surface area contributed by atoms with Crippen molar-refractivity contribution in [2.24, 2.45) is 0 Å². The lowest BCUT2D eigenvalue weighted by Gasteiger charge is -2.24. The van der Waals surface area contributed by atoms with E-state index in [0.717, 1.165) is 21.7 Å². The van der Waals surface area contributed by atoms with E-state index in [1.54, 1.807) is 18.3 Å². The van der Waals surface area contributed by atoms with Gasteiger partial charge in [-0.1, -0.05) is 36.4 Å². The fraction of sp³-hybridized carbons (Fsp3) is 0.231. The standard InChI is InChI=1S/C26H22N2O6S/c1-34-24(30)9-8-23-27-11-10-21(28-23)20-13-15-4-2-3-5-18(15)19-7-6-16-12-17(35(31,32)33)14-22(29)25(16)26(19)20/h2-7,10-11,13,17H,8-9,12,14H2,1H3,(H,31,32,33). The van der Waals surface area contributed by atoms with Gasteiger partial charge < -0.3 is 4.74 Å². The summed E-state index contributed by atoms with van der Waals surface area (Å²) >= 11 is 0. The molecule has 8 nitrogen and oxygen atoms in total. The molecule has 1 N–H and O–H groups in total. The number of benzene rings is 3. The lowest BCUT2D eigenvalue weighted by molar-refractivity contribution is -0.140. The number of hydrogen-bond acceptors (Lipinski definition) is 7. The Morgan fingerprint density at radius 2 is 1.91 bits per heavy atom. The minimum atomic E-state index is -4.35. The summed E-state index contributed by atoms with van der Waals surface area (Å²) in [4.78, 5) is 33.8. The SMILES string of the molecule is COC(=O)CCc1nccc(-c2cc3ccccc3c3ccc4c(c23)C(=O)CC(S(=O)(=O)O)C4)n1. The monoisotopic (exact) mass is 490 g/mol. The Morgan fingerprint density at radius 1 is 1.11 bits per heavy atom.